The molecule has 0 spiro atoms. The first-order chi connectivity index (χ1) is 18.5. The number of Topliss-reactive ketones (excluding diaryl/α,β-unsaturated/α-hetero) is 1. The van der Waals surface area contributed by atoms with Gasteiger partial charge in [-0.1, -0.05) is 19.3 Å². The van der Waals surface area contributed by atoms with Gasteiger partial charge in [0.15, 0.2) is 0 Å². The van der Waals surface area contributed by atoms with Gasteiger partial charge in [-0.3, -0.25) is 9.59 Å². The van der Waals surface area contributed by atoms with E-state index in [0.717, 1.165) is 87.1 Å². The molecule has 3 atom stereocenters. The maximum atomic E-state index is 14.1. The predicted molar refractivity (Wildman–Crippen MR) is 148 cm³/mol. The summed E-state index contributed by atoms with van der Waals surface area (Å²) in [5.74, 6) is 0.943. The number of carbonyl (C=O) groups is 2. The summed E-state index contributed by atoms with van der Waals surface area (Å²) in [4.78, 5) is 36.0. The van der Waals surface area contributed by atoms with Gasteiger partial charge in [0.25, 0.3) is 0 Å². The van der Waals surface area contributed by atoms with Crippen LogP contribution in [-0.2, 0) is 16.0 Å². The third-order valence-corrected chi connectivity index (χ3v) is 9.00. The van der Waals surface area contributed by atoms with E-state index in [-0.39, 0.29) is 41.4 Å². The molecule has 3 heterocycles. The van der Waals surface area contributed by atoms with Gasteiger partial charge in [0.05, 0.1) is 12.1 Å². The SMILES string of the molecule is CNC(C)C(=O)CC(C(=O)N1CCCC1c1ccnc(N2CCCc3cc(F)ccc32)c1)C1CCCCC1. The number of nitrogens with one attached hydrogen (secondary N) is 1. The Bertz CT molecular complexity index is 1150. The van der Waals surface area contributed by atoms with Gasteiger partial charge < -0.3 is 15.1 Å². The Labute approximate surface area is 226 Å². The zero-order chi connectivity index (χ0) is 26.6. The number of fused-ring (bicyclic) bond motifs is 1. The minimum Gasteiger partial charge on any atom is -0.335 e. The molecule has 1 N–H and O–H groups in total. The number of carbonyl (C=O) groups excluding carboxylic acids is 2. The van der Waals surface area contributed by atoms with Crippen LogP contribution in [0.15, 0.2) is 36.5 Å². The molecule has 1 aromatic heterocycles. The van der Waals surface area contributed by atoms with Crippen LogP contribution in [0, 0.1) is 17.7 Å². The molecule has 1 aliphatic carbocycles. The Balaban J connectivity index is 1.39. The van der Waals surface area contributed by atoms with Crippen molar-refractivity contribution in [3.05, 3.63) is 53.5 Å². The van der Waals surface area contributed by atoms with Crippen LogP contribution in [0.3, 0.4) is 0 Å². The molecule has 5 rings (SSSR count). The molecule has 1 saturated carbocycles. The zero-order valence-corrected chi connectivity index (χ0v) is 22.8. The lowest BCUT2D eigenvalue weighted by Crippen LogP contribution is -2.42. The molecule has 2 aromatic rings. The van der Waals surface area contributed by atoms with Crippen LogP contribution in [-0.4, -0.2) is 47.8 Å². The van der Waals surface area contributed by atoms with Crippen molar-refractivity contribution >= 4 is 23.2 Å². The minimum atomic E-state index is -0.246. The quantitative estimate of drug-likeness (QED) is 0.481. The number of rotatable bonds is 8. The number of ketones is 1. The Kier molecular flexibility index (Phi) is 8.42. The van der Waals surface area contributed by atoms with E-state index in [4.69, 9.17) is 0 Å². The number of aryl methyl sites for hydroxylation is 1. The van der Waals surface area contributed by atoms with Crippen molar-refractivity contribution in [3.63, 3.8) is 0 Å². The summed E-state index contributed by atoms with van der Waals surface area (Å²) in [5.41, 5.74) is 3.11. The summed E-state index contributed by atoms with van der Waals surface area (Å²) < 4.78 is 13.9. The van der Waals surface area contributed by atoms with Crippen LogP contribution in [0.1, 0.15) is 81.9 Å². The molecule has 0 radical (unpaired) electrons. The van der Waals surface area contributed by atoms with Crippen LogP contribution in [0.4, 0.5) is 15.9 Å². The third kappa shape index (κ3) is 5.63. The van der Waals surface area contributed by atoms with Gasteiger partial charge in [0.2, 0.25) is 5.91 Å². The summed E-state index contributed by atoms with van der Waals surface area (Å²) in [5, 5.41) is 3.06. The first-order valence-corrected chi connectivity index (χ1v) is 14.5. The largest absolute Gasteiger partial charge is 0.335 e. The number of hydrogen-bond acceptors (Lipinski definition) is 5. The van der Waals surface area contributed by atoms with Crippen molar-refractivity contribution in [1.29, 1.82) is 0 Å². The van der Waals surface area contributed by atoms with Crippen molar-refractivity contribution in [2.75, 3.05) is 25.0 Å². The normalized spacial score (nSPS) is 21.7. The molecule has 3 unspecified atom stereocenters. The second-order valence-corrected chi connectivity index (χ2v) is 11.4. The van der Waals surface area contributed by atoms with Gasteiger partial charge in [0.1, 0.15) is 17.4 Å². The Morgan fingerprint density at radius 1 is 1.05 bits per heavy atom. The van der Waals surface area contributed by atoms with Crippen molar-refractivity contribution in [2.45, 2.75) is 83.2 Å². The molecule has 3 aliphatic rings. The number of hydrogen-bond donors (Lipinski definition) is 1. The van der Waals surface area contributed by atoms with Gasteiger partial charge in [-0.25, -0.2) is 9.37 Å². The monoisotopic (exact) mass is 520 g/mol. The Morgan fingerprint density at radius 2 is 1.87 bits per heavy atom. The van der Waals surface area contributed by atoms with E-state index in [1.807, 2.05) is 25.3 Å². The lowest BCUT2D eigenvalue weighted by Gasteiger charge is -2.35. The standard InChI is InChI=1S/C31H41FN4O2/c1-21(33-2)29(37)20-26(22-8-4-3-5-9-22)31(38)36-17-7-11-27(36)24-14-15-34-30(19-24)35-16-6-10-23-18-25(32)12-13-28(23)35/h12-15,18-19,21-22,26-27,33H,3-11,16-17,20H2,1-2H3. The van der Waals surface area contributed by atoms with E-state index in [0.29, 0.717) is 6.42 Å². The second-order valence-electron chi connectivity index (χ2n) is 11.4. The smallest absolute Gasteiger partial charge is 0.226 e. The summed E-state index contributed by atoms with van der Waals surface area (Å²) in [6, 6.07) is 8.88. The van der Waals surface area contributed by atoms with Gasteiger partial charge in [-0.05, 0) is 99.9 Å². The molecule has 1 aromatic carbocycles. The van der Waals surface area contributed by atoms with E-state index < -0.39 is 0 Å². The van der Waals surface area contributed by atoms with E-state index in [1.165, 1.54) is 12.5 Å². The molecule has 204 valence electrons. The highest BCUT2D eigenvalue weighted by atomic mass is 19.1. The topological polar surface area (TPSA) is 65.5 Å². The molecule has 38 heavy (non-hydrogen) atoms. The van der Waals surface area contributed by atoms with Crippen molar-refractivity contribution in [3.8, 4) is 0 Å². The molecule has 2 aliphatic heterocycles. The lowest BCUT2D eigenvalue weighted by molar-refractivity contribution is -0.141. The van der Waals surface area contributed by atoms with Crippen LogP contribution in [0.25, 0.3) is 0 Å². The number of likely N-dealkylation sites (N-methyl/N-ethyl adjacent to an activating group) is 1. The number of amides is 1. The maximum Gasteiger partial charge on any atom is 0.226 e. The van der Waals surface area contributed by atoms with E-state index in [2.05, 4.69) is 26.2 Å². The predicted octanol–water partition coefficient (Wildman–Crippen LogP) is 5.73. The molecule has 0 bridgehead atoms. The molecule has 6 nitrogen and oxygen atoms in total. The summed E-state index contributed by atoms with van der Waals surface area (Å²) in [6.45, 7) is 3.44. The van der Waals surface area contributed by atoms with Crippen LogP contribution >= 0.6 is 0 Å². The fraction of sp³-hybridized carbons (Fsp3) is 0.581. The van der Waals surface area contributed by atoms with Gasteiger partial charge in [-0.2, -0.15) is 0 Å². The molecule has 1 amide bonds. The van der Waals surface area contributed by atoms with Crippen LogP contribution in [0.2, 0.25) is 0 Å². The molecule has 2 fully saturated rings. The fourth-order valence-electron chi connectivity index (χ4n) is 6.73. The first-order valence-electron chi connectivity index (χ1n) is 14.5. The minimum absolute atomic E-state index is 0.00959. The highest BCUT2D eigenvalue weighted by Gasteiger charge is 2.39. The maximum absolute atomic E-state index is 14.1. The Morgan fingerprint density at radius 3 is 2.66 bits per heavy atom. The highest BCUT2D eigenvalue weighted by Crippen LogP contribution is 2.40. The van der Waals surface area contributed by atoms with Crippen LogP contribution < -0.4 is 10.2 Å². The van der Waals surface area contributed by atoms with E-state index in [9.17, 15) is 14.0 Å². The third-order valence-electron chi connectivity index (χ3n) is 9.00. The molecule has 1 saturated heterocycles. The number of halogens is 1. The second kappa shape index (κ2) is 11.9. The number of likely N-dealkylation sites (tertiary alicyclic amines) is 1. The number of benzene rings is 1. The molecular weight excluding hydrogens is 479 g/mol. The van der Waals surface area contributed by atoms with Crippen molar-refractivity contribution < 1.29 is 14.0 Å². The lowest BCUT2D eigenvalue weighted by atomic mass is 9.76. The van der Waals surface area contributed by atoms with Crippen molar-refractivity contribution in [2.24, 2.45) is 11.8 Å². The average molecular weight is 521 g/mol. The van der Waals surface area contributed by atoms with Gasteiger partial charge >= 0.3 is 0 Å². The number of pyridine rings is 1. The van der Waals surface area contributed by atoms with Gasteiger partial charge in [-0.15, -0.1) is 0 Å². The van der Waals surface area contributed by atoms with Gasteiger partial charge in [0, 0.05) is 37.3 Å². The number of nitrogens with zero attached hydrogens (tertiary/aromatic N) is 3. The average Bonchev–Trinajstić information content (AvgIpc) is 3.45. The summed E-state index contributed by atoms with van der Waals surface area (Å²) >= 11 is 0. The zero-order valence-electron chi connectivity index (χ0n) is 22.8. The summed E-state index contributed by atoms with van der Waals surface area (Å²) in [7, 11) is 1.80. The Hall–Kier alpha value is -2.80. The number of aromatic nitrogens is 1. The van der Waals surface area contributed by atoms with Crippen LogP contribution in [0.5, 0.6) is 0 Å². The highest BCUT2D eigenvalue weighted by molar-refractivity contribution is 5.90. The molecular formula is C31H41FN4O2. The van der Waals surface area contributed by atoms with Crippen molar-refractivity contribution in [1.82, 2.24) is 15.2 Å². The van der Waals surface area contributed by atoms with E-state index >= 15 is 0 Å². The first kappa shape index (κ1) is 26.8. The number of anilines is 2. The summed E-state index contributed by atoms with van der Waals surface area (Å²) in [6.07, 6.45) is 11.4. The van der Waals surface area contributed by atoms with E-state index in [1.54, 1.807) is 13.1 Å². The molecule has 7 heteroatoms. The fourth-order valence-corrected chi connectivity index (χ4v) is 6.73.